The summed E-state index contributed by atoms with van der Waals surface area (Å²) >= 11 is 0. The number of rotatable bonds is 68. The van der Waals surface area contributed by atoms with E-state index >= 15 is 0 Å². The minimum absolute atomic E-state index is 0.0170. The number of ether oxygens (including phenoxy) is 1. The minimum Gasteiger partial charge on any atom is -0.466 e. The van der Waals surface area contributed by atoms with Gasteiger partial charge in [-0.3, -0.25) is 9.59 Å². The highest BCUT2D eigenvalue weighted by molar-refractivity contribution is 5.76. The molecule has 0 saturated carbocycles. The van der Waals surface area contributed by atoms with Crippen molar-refractivity contribution in [2.24, 2.45) is 0 Å². The maximum Gasteiger partial charge on any atom is 0.305 e. The van der Waals surface area contributed by atoms with Crippen LogP contribution in [0.1, 0.15) is 406 Å². The lowest BCUT2D eigenvalue weighted by Gasteiger charge is -2.20. The second-order valence-electron chi connectivity index (χ2n) is 24.9. The van der Waals surface area contributed by atoms with Crippen molar-refractivity contribution in [2.75, 3.05) is 13.2 Å². The zero-order chi connectivity index (χ0) is 57.1. The Morgan fingerprint density at radius 1 is 0.342 bits per heavy atom. The van der Waals surface area contributed by atoms with E-state index in [1.165, 1.54) is 340 Å². The Hall–Kier alpha value is -1.66. The molecular weight excluding hydrogens is 971 g/mol. The van der Waals surface area contributed by atoms with Gasteiger partial charge in [0, 0.05) is 12.8 Å². The lowest BCUT2D eigenvalue weighted by molar-refractivity contribution is -0.143. The SMILES string of the molecule is CCCCCCCCCCCCCCCCCCCCCC/C=C/C(O)C(CO)NC(=O)CCCCCCCCCCCC/C=C\CCCCCCCCCCCCCCOC(=O)CCCCCCCCCCCCCCCC. The lowest BCUT2D eigenvalue weighted by atomic mass is 10.0. The predicted molar refractivity (Wildman–Crippen MR) is 347 cm³/mol. The van der Waals surface area contributed by atoms with Gasteiger partial charge in [0.2, 0.25) is 5.91 Å². The fraction of sp³-hybridized carbons (Fsp3) is 0.918. The molecule has 0 aliphatic heterocycles. The third-order valence-corrected chi connectivity index (χ3v) is 17.0. The molecular formula is C73H141NO5. The van der Waals surface area contributed by atoms with Gasteiger partial charge >= 0.3 is 5.97 Å². The number of carbonyl (C=O) groups excluding carboxylic acids is 2. The van der Waals surface area contributed by atoms with E-state index in [4.69, 9.17) is 4.74 Å². The van der Waals surface area contributed by atoms with Crippen LogP contribution in [0.2, 0.25) is 0 Å². The van der Waals surface area contributed by atoms with Crippen molar-refractivity contribution in [2.45, 2.75) is 418 Å². The van der Waals surface area contributed by atoms with Gasteiger partial charge in [-0.25, -0.2) is 0 Å². The number of hydrogen-bond donors (Lipinski definition) is 3. The van der Waals surface area contributed by atoms with Crippen molar-refractivity contribution >= 4 is 11.9 Å². The molecule has 0 aromatic heterocycles. The van der Waals surface area contributed by atoms with Crippen LogP contribution in [0.25, 0.3) is 0 Å². The highest BCUT2D eigenvalue weighted by Gasteiger charge is 2.18. The Labute approximate surface area is 494 Å². The molecule has 0 aliphatic carbocycles. The average molecular weight is 1110 g/mol. The molecule has 3 N–H and O–H groups in total. The number of amides is 1. The second kappa shape index (κ2) is 68.8. The fourth-order valence-electron chi connectivity index (χ4n) is 11.5. The average Bonchev–Trinajstić information content (AvgIpc) is 3.45. The van der Waals surface area contributed by atoms with Crippen molar-refractivity contribution < 1.29 is 24.5 Å². The standard InChI is InChI=1S/C73H141NO5/c1-3-5-7-9-11-13-15-17-19-20-21-22-29-32-35-38-41-45-49-53-57-61-65-71(76)70(69-75)74-72(77)66-62-58-54-50-46-42-39-36-33-30-27-25-23-24-26-28-31-34-37-40-44-48-52-56-60-64-68-79-73(78)67-63-59-55-51-47-43-18-16-14-12-10-8-6-4-2/h23,25,61,65,70-71,75-76H,3-22,24,26-60,62-64,66-69H2,1-2H3,(H,74,77)/b25-23-,65-61+. The number of unbranched alkanes of at least 4 members (excludes halogenated alkanes) is 55. The summed E-state index contributed by atoms with van der Waals surface area (Å²) in [5, 5.41) is 23.3. The molecule has 0 aromatic carbocycles. The Balaban J connectivity index is 3.41. The molecule has 468 valence electrons. The summed E-state index contributed by atoms with van der Waals surface area (Å²) < 4.78 is 5.49. The molecule has 0 aromatic rings. The van der Waals surface area contributed by atoms with E-state index in [1.54, 1.807) is 6.08 Å². The number of aliphatic hydroxyl groups excluding tert-OH is 2. The Morgan fingerprint density at radius 3 is 0.899 bits per heavy atom. The molecule has 0 heterocycles. The van der Waals surface area contributed by atoms with Crippen molar-refractivity contribution in [3.8, 4) is 0 Å². The van der Waals surface area contributed by atoms with Crippen molar-refractivity contribution in [3.05, 3.63) is 24.3 Å². The summed E-state index contributed by atoms with van der Waals surface area (Å²) in [4.78, 5) is 24.6. The lowest BCUT2D eigenvalue weighted by Crippen LogP contribution is -2.45. The third-order valence-electron chi connectivity index (χ3n) is 17.0. The molecule has 0 rings (SSSR count). The largest absolute Gasteiger partial charge is 0.466 e. The summed E-state index contributed by atoms with van der Waals surface area (Å²) in [7, 11) is 0. The maximum absolute atomic E-state index is 12.5. The number of aliphatic hydroxyl groups is 2. The zero-order valence-electron chi connectivity index (χ0n) is 53.6. The van der Waals surface area contributed by atoms with Crippen molar-refractivity contribution in [1.82, 2.24) is 5.32 Å². The summed E-state index contributed by atoms with van der Waals surface area (Å²) in [6, 6.07) is -0.630. The van der Waals surface area contributed by atoms with Crippen LogP contribution in [0.3, 0.4) is 0 Å². The van der Waals surface area contributed by atoms with E-state index in [0.717, 1.165) is 38.5 Å². The molecule has 0 bridgehead atoms. The smallest absolute Gasteiger partial charge is 0.305 e. The topological polar surface area (TPSA) is 95.9 Å². The van der Waals surface area contributed by atoms with Crippen LogP contribution in [0.15, 0.2) is 24.3 Å². The molecule has 0 radical (unpaired) electrons. The van der Waals surface area contributed by atoms with Crippen LogP contribution < -0.4 is 5.32 Å². The monoisotopic (exact) mass is 1110 g/mol. The quantitative estimate of drug-likeness (QED) is 0.0320. The Bertz CT molecular complexity index is 1230. The van der Waals surface area contributed by atoms with Crippen LogP contribution in [-0.4, -0.2) is 47.4 Å². The molecule has 2 unspecified atom stereocenters. The van der Waals surface area contributed by atoms with Gasteiger partial charge in [-0.05, 0) is 57.8 Å². The summed E-state index contributed by atoms with van der Waals surface area (Å²) in [6.45, 7) is 4.95. The predicted octanol–water partition coefficient (Wildman–Crippen LogP) is 23.3. The van der Waals surface area contributed by atoms with Gasteiger partial charge in [-0.2, -0.15) is 0 Å². The van der Waals surface area contributed by atoms with Crippen molar-refractivity contribution in [1.29, 1.82) is 0 Å². The van der Waals surface area contributed by atoms with Crippen LogP contribution in [-0.2, 0) is 14.3 Å². The van der Waals surface area contributed by atoms with Crippen molar-refractivity contribution in [3.63, 3.8) is 0 Å². The minimum atomic E-state index is -0.847. The van der Waals surface area contributed by atoms with E-state index in [2.05, 4.69) is 31.3 Å². The molecule has 6 heteroatoms. The number of allylic oxidation sites excluding steroid dienone is 3. The van der Waals surface area contributed by atoms with Gasteiger partial charge in [0.25, 0.3) is 0 Å². The van der Waals surface area contributed by atoms with Gasteiger partial charge < -0.3 is 20.3 Å². The van der Waals surface area contributed by atoms with Crippen LogP contribution in [0, 0.1) is 0 Å². The van der Waals surface area contributed by atoms with E-state index < -0.39 is 12.1 Å². The van der Waals surface area contributed by atoms with E-state index in [9.17, 15) is 19.8 Å². The Kier molecular flexibility index (Phi) is 67.4. The first-order valence-electron chi connectivity index (χ1n) is 36.1. The van der Waals surface area contributed by atoms with Gasteiger partial charge in [0.05, 0.1) is 25.4 Å². The summed E-state index contributed by atoms with van der Waals surface area (Å²) in [5.41, 5.74) is 0. The first kappa shape index (κ1) is 77.3. The molecule has 0 spiro atoms. The molecule has 0 aliphatic rings. The molecule has 79 heavy (non-hydrogen) atoms. The number of carbonyl (C=O) groups is 2. The van der Waals surface area contributed by atoms with Gasteiger partial charge in [0.1, 0.15) is 0 Å². The summed E-state index contributed by atoms with van der Waals surface area (Å²) in [5.74, 6) is -0.0485. The number of nitrogens with one attached hydrogen (secondary N) is 1. The Morgan fingerprint density at radius 2 is 0.595 bits per heavy atom. The van der Waals surface area contributed by atoms with Gasteiger partial charge in [-0.1, -0.05) is 359 Å². The molecule has 2 atom stereocenters. The molecule has 0 fully saturated rings. The highest BCUT2D eigenvalue weighted by Crippen LogP contribution is 2.19. The second-order valence-corrected chi connectivity index (χ2v) is 24.9. The number of esters is 1. The highest BCUT2D eigenvalue weighted by atomic mass is 16.5. The van der Waals surface area contributed by atoms with E-state index in [1.807, 2.05) is 6.08 Å². The molecule has 0 saturated heterocycles. The third kappa shape index (κ3) is 65.4. The zero-order valence-corrected chi connectivity index (χ0v) is 53.6. The van der Waals surface area contributed by atoms with Crippen LogP contribution in [0.4, 0.5) is 0 Å². The first-order chi connectivity index (χ1) is 39.0. The maximum atomic E-state index is 12.5. The fourth-order valence-corrected chi connectivity index (χ4v) is 11.5. The van der Waals surface area contributed by atoms with Gasteiger partial charge in [0.15, 0.2) is 0 Å². The normalized spacial score (nSPS) is 12.6. The van der Waals surface area contributed by atoms with Crippen LogP contribution >= 0.6 is 0 Å². The first-order valence-corrected chi connectivity index (χ1v) is 36.1. The van der Waals surface area contributed by atoms with E-state index in [-0.39, 0.29) is 18.5 Å². The summed E-state index contributed by atoms with van der Waals surface area (Å²) in [6.07, 6.45) is 86.9. The molecule has 6 nitrogen and oxygen atoms in total. The van der Waals surface area contributed by atoms with Crippen LogP contribution in [0.5, 0.6) is 0 Å². The molecule has 1 amide bonds. The number of hydrogen-bond acceptors (Lipinski definition) is 5. The van der Waals surface area contributed by atoms with E-state index in [0.29, 0.717) is 19.4 Å². The van der Waals surface area contributed by atoms with Gasteiger partial charge in [-0.15, -0.1) is 0 Å².